The number of hydrogen-bond acceptors (Lipinski definition) is 6. The number of aromatic nitrogens is 1. The zero-order valence-electron chi connectivity index (χ0n) is 21.4. The first-order chi connectivity index (χ1) is 20.2. The van der Waals surface area contributed by atoms with Crippen LogP contribution in [0, 0.1) is 0 Å². The van der Waals surface area contributed by atoms with Crippen LogP contribution in [0.25, 0.3) is 22.2 Å². The van der Waals surface area contributed by atoms with Gasteiger partial charge in [-0.05, 0) is 66.7 Å². The average Bonchev–Trinajstić information content (AvgIpc) is 3.24. The van der Waals surface area contributed by atoms with Crippen molar-refractivity contribution in [2.45, 2.75) is 0 Å². The largest absolute Gasteiger partial charge is 0.454 e. The first kappa shape index (κ1) is 27.8. The molecule has 4 aromatic carbocycles. The van der Waals surface area contributed by atoms with Crippen LogP contribution in [-0.2, 0) is 4.74 Å². The van der Waals surface area contributed by atoms with E-state index in [4.69, 9.17) is 32.9 Å². The lowest BCUT2D eigenvalue weighted by atomic mass is 10.0. The van der Waals surface area contributed by atoms with Crippen LogP contribution in [0.1, 0.15) is 41.4 Å². The van der Waals surface area contributed by atoms with Crippen molar-refractivity contribution in [1.29, 1.82) is 0 Å². The highest BCUT2D eigenvalue weighted by molar-refractivity contribution is 9.10. The van der Waals surface area contributed by atoms with Gasteiger partial charge in [0.1, 0.15) is 0 Å². The van der Waals surface area contributed by atoms with Crippen LogP contribution in [0.2, 0.25) is 10.0 Å². The number of ketones is 1. The third-order valence-corrected chi connectivity index (χ3v) is 7.81. The Kier molecular flexibility index (Phi) is 7.36. The summed E-state index contributed by atoms with van der Waals surface area (Å²) in [5, 5.41) is 1.07. The van der Waals surface area contributed by atoms with E-state index < -0.39 is 30.2 Å². The summed E-state index contributed by atoms with van der Waals surface area (Å²) in [5.41, 5.74) is 3.14. The van der Waals surface area contributed by atoms with Crippen LogP contribution in [0.5, 0.6) is 0 Å². The quantitative estimate of drug-likeness (QED) is 0.105. The maximum absolute atomic E-state index is 13.3. The molecule has 1 aliphatic rings. The van der Waals surface area contributed by atoms with Crippen molar-refractivity contribution >= 4 is 79.3 Å². The van der Waals surface area contributed by atoms with Crippen molar-refractivity contribution < 1.29 is 23.9 Å². The van der Waals surface area contributed by atoms with Crippen LogP contribution in [0.3, 0.4) is 0 Å². The molecule has 0 saturated heterocycles. The van der Waals surface area contributed by atoms with Crippen LogP contribution in [0.15, 0.2) is 95.5 Å². The number of imide groups is 1. The van der Waals surface area contributed by atoms with E-state index in [0.29, 0.717) is 44.0 Å². The van der Waals surface area contributed by atoms with Crippen molar-refractivity contribution in [2.24, 2.45) is 0 Å². The summed E-state index contributed by atoms with van der Waals surface area (Å²) < 4.78 is 6.13. The summed E-state index contributed by atoms with van der Waals surface area (Å²) >= 11 is 15.5. The zero-order valence-corrected chi connectivity index (χ0v) is 24.5. The van der Waals surface area contributed by atoms with E-state index >= 15 is 0 Å². The molecule has 0 saturated carbocycles. The fourth-order valence-corrected chi connectivity index (χ4v) is 5.60. The smallest absolute Gasteiger partial charge is 0.339 e. The molecule has 10 heteroatoms. The number of pyridine rings is 1. The van der Waals surface area contributed by atoms with Crippen molar-refractivity contribution in [3.8, 4) is 11.3 Å². The van der Waals surface area contributed by atoms with Crippen LogP contribution in [-0.4, -0.2) is 35.2 Å². The minimum atomic E-state index is -0.720. The second kappa shape index (κ2) is 11.1. The Morgan fingerprint density at radius 2 is 1.50 bits per heavy atom. The Labute approximate surface area is 257 Å². The van der Waals surface area contributed by atoms with Crippen LogP contribution < -0.4 is 4.90 Å². The Bertz CT molecular complexity index is 1920. The number of amides is 2. The van der Waals surface area contributed by atoms with Crippen LogP contribution >= 0.6 is 39.1 Å². The first-order valence-electron chi connectivity index (χ1n) is 12.5. The van der Waals surface area contributed by atoms with Gasteiger partial charge in [0.2, 0.25) is 5.78 Å². The highest BCUT2D eigenvalue weighted by atomic mass is 79.9. The highest BCUT2D eigenvalue weighted by Gasteiger charge is 2.36. The predicted octanol–water partition coefficient (Wildman–Crippen LogP) is 7.81. The number of anilines is 1. The van der Waals surface area contributed by atoms with Crippen molar-refractivity contribution in [2.75, 3.05) is 11.5 Å². The molecular weight excluding hydrogens is 643 g/mol. The summed E-state index contributed by atoms with van der Waals surface area (Å²) in [4.78, 5) is 57.6. The number of carbonyl (C=O) groups excluding carboxylic acids is 4. The number of benzene rings is 4. The number of halogens is 3. The predicted molar refractivity (Wildman–Crippen MR) is 164 cm³/mol. The molecule has 7 nitrogen and oxygen atoms in total. The molecule has 1 aliphatic heterocycles. The molecular formula is C32H17BrCl2N2O5. The number of carbonyl (C=O) groups is 4. The molecule has 0 aliphatic carbocycles. The molecule has 2 amide bonds. The summed E-state index contributed by atoms with van der Waals surface area (Å²) in [6.45, 7) is -0.525. The average molecular weight is 660 g/mol. The molecule has 0 fully saturated rings. The molecule has 0 bridgehead atoms. The van der Waals surface area contributed by atoms with E-state index in [1.54, 1.807) is 72.8 Å². The van der Waals surface area contributed by atoms with Gasteiger partial charge in [-0.25, -0.2) is 14.7 Å². The first-order valence-corrected chi connectivity index (χ1v) is 14.1. The monoisotopic (exact) mass is 658 g/mol. The minimum absolute atomic E-state index is 0.161. The van der Waals surface area contributed by atoms with Gasteiger partial charge in [-0.2, -0.15) is 0 Å². The molecule has 0 atom stereocenters. The number of Topliss-reactive ketones (excluding diaryl/α,β-unsaturated/α-hetero) is 1. The van der Waals surface area contributed by atoms with Gasteiger partial charge in [0, 0.05) is 26.0 Å². The van der Waals surface area contributed by atoms with Gasteiger partial charge in [-0.15, -0.1) is 0 Å². The lowest BCUT2D eigenvalue weighted by Gasteiger charge is -2.15. The Morgan fingerprint density at radius 1 is 0.810 bits per heavy atom. The van der Waals surface area contributed by atoms with Gasteiger partial charge >= 0.3 is 5.97 Å². The summed E-state index contributed by atoms with van der Waals surface area (Å²) in [6.07, 6.45) is 0. The minimum Gasteiger partial charge on any atom is -0.454 e. The lowest BCUT2D eigenvalue weighted by molar-refractivity contribution is 0.0476. The normalized spacial score (nSPS) is 12.5. The maximum Gasteiger partial charge on any atom is 0.339 e. The Hall–Kier alpha value is -4.37. The zero-order chi connectivity index (χ0) is 29.5. The molecule has 0 N–H and O–H groups in total. The number of fused-ring (bicyclic) bond motifs is 2. The van der Waals surface area contributed by atoms with E-state index in [-0.39, 0.29) is 16.1 Å². The van der Waals surface area contributed by atoms with Crippen molar-refractivity contribution in [3.63, 3.8) is 0 Å². The van der Waals surface area contributed by atoms with E-state index in [2.05, 4.69) is 15.9 Å². The van der Waals surface area contributed by atoms with E-state index in [9.17, 15) is 19.2 Å². The Balaban J connectivity index is 1.30. The summed E-state index contributed by atoms with van der Waals surface area (Å²) in [7, 11) is 0. The molecule has 2 heterocycles. The molecule has 0 spiro atoms. The van der Waals surface area contributed by atoms with Gasteiger partial charge in [0.15, 0.2) is 6.61 Å². The molecule has 206 valence electrons. The number of esters is 1. The fourth-order valence-electron chi connectivity index (χ4n) is 4.72. The van der Waals surface area contributed by atoms with Gasteiger partial charge in [0.25, 0.3) is 11.8 Å². The second-order valence-corrected chi connectivity index (χ2v) is 11.1. The summed E-state index contributed by atoms with van der Waals surface area (Å²) in [6, 6.07) is 24.7. The molecule has 6 rings (SSSR count). The number of nitrogens with zero attached hydrogens (tertiary/aromatic N) is 2. The third-order valence-electron chi connectivity index (χ3n) is 6.77. The van der Waals surface area contributed by atoms with Gasteiger partial charge in [-0.3, -0.25) is 14.4 Å². The van der Waals surface area contributed by atoms with E-state index in [0.717, 1.165) is 9.37 Å². The topological polar surface area (TPSA) is 93.6 Å². The molecule has 0 radical (unpaired) electrons. The number of rotatable bonds is 6. The Morgan fingerprint density at radius 3 is 2.17 bits per heavy atom. The highest BCUT2D eigenvalue weighted by Crippen LogP contribution is 2.32. The lowest BCUT2D eigenvalue weighted by Crippen LogP contribution is -2.29. The van der Waals surface area contributed by atoms with Crippen molar-refractivity contribution in [1.82, 2.24) is 4.98 Å². The third kappa shape index (κ3) is 5.09. The molecule has 1 aromatic heterocycles. The van der Waals surface area contributed by atoms with E-state index in [1.807, 2.05) is 0 Å². The number of hydrogen-bond donors (Lipinski definition) is 0. The van der Waals surface area contributed by atoms with Gasteiger partial charge in [-0.1, -0.05) is 63.4 Å². The van der Waals surface area contributed by atoms with Gasteiger partial charge < -0.3 is 4.74 Å². The van der Waals surface area contributed by atoms with Crippen LogP contribution in [0.4, 0.5) is 5.69 Å². The SMILES string of the molecule is O=C(COC(=O)c1cc(-c2ccc(N3C(=O)c4ccccc4C3=O)cc2)nc2ccc(Br)cc12)c1ccc(Cl)cc1Cl. The standard InChI is InChI=1S/C32H17BrCl2N2O5/c33-18-7-12-27-24(13-18)25(32(41)42-16-29(38)23-11-8-19(34)14-26(23)35)15-28(36-27)17-5-9-20(10-6-17)37-30(39)21-3-1-2-4-22(21)31(37)40/h1-15H,16H2. The second-order valence-electron chi connectivity index (χ2n) is 9.38. The van der Waals surface area contributed by atoms with E-state index in [1.165, 1.54) is 18.2 Å². The fraction of sp³-hybridized carbons (Fsp3) is 0.0312. The van der Waals surface area contributed by atoms with Gasteiger partial charge in [0.05, 0.1) is 38.6 Å². The summed E-state index contributed by atoms with van der Waals surface area (Å²) in [5.74, 6) is -1.98. The molecule has 42 heavy (non-hydrogen) atoms. The molecule has 5 aromatic rings. The van der Waals surface area contributed by atoms with Crippen molar-refractivity contribution in [3.05, 3.63) is 128 Å². The maximum atomic E-state index is 13.3. The number of ether oxygens (including phenoxy) is 1. The molecule has 0 unspecified atom stereocenters.